The van der Waals surface area contributed by atoms with Crippen LogP contribution in [0.25, 0.3) is 0 Å². The van der Waals surface area contributed by atoms with Crippen LogP contribution >= 0.6 is 0 Å². The van der Waals surface area contributed by atoms with E-state index in [0.29, 0.717) is 6.04 Å². The van der Waals surface area contributed by atoms with Crippen LogP contribution in [-0.4, -0.2) is 45.5 Å². The Hall–Kier alpha value is -1.72. The molecule has 26 heavy (non-hydrogen) atoms. The van der Waals surface area contributed by atoms with Crippen molar-refractivity contribution < 1.29 is 4.74 Å². The molecular formula is C21H30N4O. The van der Waals surface area contributed by atoms with E-state index in [1.54, 1.807) is 0 Å². The molecule has 1 aromatic heterocycles. The van der Waals surface area contributed by atoms with Crippen LogP contribution < -0.4 is 0 Å². The fraction of sp³-hybridized carbons (Fsp3) is 0.619. The van der Waals surface area contributed by atoms with Gasteiger partial charge < -0.3 is 4.74 Å². The first-order chi connectivity index (χ1) is 12.8. The third kappa shape index (κ3) is 4.33. The Labute approximate surface area is 156 Å². The minimum Gasteiger partial charge on any atom is -0.375 e. The van der Waals surface area contributed by atoms with E-state index in [1.165, 1.54) is 37.7 Å². The maximum Gasteiger partial charge on any atom is 0.147 e. The van der Waals surface area contributed by atoms with Crippen molar-refractivity contribution >= 4 is 0 Å². The lowest BCUT2D eigenvalue weighted by Gasteiger charge is -2.33. The van der Waals surface area contributed by atoms with Gasteiger partial charge in [-0.3, -0.25) is 4.90 Å². The second-order valence-corrected chi connectivity index (χ2v) is 7.73. The molecule has 5 heteroatoms. The molecule has 0 amide bonds. The van der Waals surface area contributed by atoms with Crippen molar-refractivity contribution in [2.24, 2.45) is 0 Å². The molecule has 4 rings (SSSR count). The highest BCUT2D eigenvalue weighted by Crippen LogP contribution is 2.29. The summed E-state index contributed by atoms with van der Waals surface area (Å²) in [4.78, 5) is 7.24. The summed E-state index contributed by atoms with van der Waals surface area (Å²) < 4.78 is 8.29. The Kier molecular flexibility index (Phi) is 5.65. The Bertz CT molecular complexity index is 693. The van der Waals surface area contributed by atoms with Crippen molar-refractivity contribution in [3.63, 3.8) is 0 Å². The lowest BCUT2D eigenvalue weighted by atomic mass is 9.95. The van der Waals surface area contributed by atoms with Crippen LogP contribution in [0, 0.1) is 6.92 Å². The number of ether oxygens (including phenoxy) is 1. The van der Waals surface area contributed by atoms with E-state index in [2.05, 4.69) is 39.9 Å². The molecule has 2 heterocycles. The van der Waals surface area contributed by atoms with Gasteiger partial charge in [-0.05, 0) is 25.3 Å². The van der Waals surface area contributed by atoms with Gasteiger partial charge in [-0.1, -0.05) is 49.6 Å². The second kappa shape index (κ2) is 8.31. The molecule has 2 aliphatic rings. The molecular weight excluding hydrogens is 324 g/mol. The molecule has 0 radical (unpaired) electrons. The molecule has 140 valence electrons. The summed E-state index contributed by atoms with van der Waals surface area (Å²) in [5, 5.41) is 4.72. The number of aromatic nitrogens is 3. The summed E-state index contributed by atoms with van der Waals surface area (Å²) in [5.74, 6) is 2.00. The van der Waals surface area contributed by atoms with Crippen molar-refractivity contribution in [1.82, 2.24) is 19.7 Å². The highest BCUT2D eigenvalue weighted by atomic mass is 16.5. The minimum atomic E-state index is 0.207. The molecule has 0 unspecified atom stereocenters. The molecule has 1 aliphatic heterocycles. The molecule has 1 aliphatic carbocycles. The minimum absolute atomic E-state index is 0.207. The van der Waals surface area contributed by atoms with Gasteiger partial charge in [0.05, 0.1) is 18.8 Å². The summed E-state index contributed by atoms with van der Waals surface area (Å²) in [6.45, 7) is 5.76. The quantitative estimate of drug-likeness (QED) is 0.824. The maximum absolute atomic E-state index is 6.08. The first-order valence-corrected chi connectivity index (χ1v) is 10.1. The normalized spacial score (nSPS) is 22.6. The first kappa shape index (κ1) is 17.7. The molecule has 1 saturated carbocycles. The number of hydrogen-bond acceptors (Lipinski definition) is 4. The van der Waals surface area contributed by atoms with E-state index < -0.39 is 0 Å². The number of nitrogens with zero attached hydrogens (tertiary/aromatic N) is 4. The Balaban J connectivity index is 1.40. The van der Waals surface area contributed by atoms with Gasteiger partial charge in [0.25, 0.3) is 0 Å². The zero-order chi connectivity index (χ0) is 17.8. The third-order valence-corrected chi connectivity index (χ3v) is 5.61. The Morgan fingerprint density at radius 3 is 2.73 bits per heavy atom. The molecule has 0 N–H and O–H groups in total. The van der Waals surface area contributed by atoms with Gasteiger partial charge in [0.1, 0.15) is 11.6 Å². The fourth-order valence-electron chi connectivity index (χ4n) is 4.32. The van der Waals surface area contributed by atoms with Crippen LogP contribution in [0.3, 0.4) is 0 Å². The number of morpholine rings is 1. The molecule has 2 aromatic rings. The highest BCUT2D eigenvalue weighted by Gasteiger charge is 2.26. The van der Waals surface area contributed by atoms with E-state index in [4.69, 9.17) is 14.8 Å². The van der Waals surface area contributed by atoms with Crippen LogP contribution in [0.2, 0.25) is 0 Å². The first-order valence-electron chi connectivity index (χ1n) is 10.1. The van der Waals surface area contributed by atoms with Crippen LogP contribution in [0.1, 0.15) is 55.4 Å². The van der Waals surface area contributed by atoms with Crippen molar-refractivity contribution in [2.75, 3.05) is 19.7 Å². The van der Waals surface area contributed by atoms with Crippen molar-refractivity contribution in [3.8, 4) is 0 Å². The number of aryl methyl sites for hydroxylation is 1. The third-order valence-electron chi connectivity index (χ3n) is 5.61. The second-order valence-electron chi connectivity index (χ2n) is 7.73. The number of hydrogen-bond donors (Lipinski definition) is 0. The molecule has 2 fully saturated rings. The number of benzene rings is 1. The topological polar surface area (TPSA) is 43.2 Å². The van der Waals surface area contributed by atoms with Gasteiger partial charge in [-0.15, -0.1) is 0 Å². The summed E-state index contributed by atoms with van der Waals surface area (Å²) in [6.07, 6.45) is 7.53. The Morgan fingerprint density at radius 1 is 1.12 bits per heavy atom. The van der Waals surface area contributed by atoms with E-state index >= 15 is 0 Å². The largest absolute Gasteiger partial charge is 0.375 e. The monoisotopic (exact) mass is 354 g/mol. The summed E-state index contributed by atoms with van der Waals surface area (Å²) in [5.41, 5.74) is 1.37. The van der Waals surface area contributed by atoms with E-state index in [-0.39, 0.29) is 6.10 Å². The highest BCUT2D eigenvalue weighted by molar-refractivity contribution is 5.14. The number of rotatable bonds is 5. The van der Waals surface area contributed by atoms with Gasteiger partial charge >= 0.3 is 0 Å². The van der Waals surface area contributed by atoms with E-state index in [9.17, 15) is 0 Å². The van der Waals surface area contributed by atoms with Crippen molar-refractivity contribution in [1.29, 1.82) is 0 Å². The molecule has 1 aromatic carbocycles. The lowest BCUT2D eigenvalue weighted by molar-refractivity contribution is -0.0319. The van der Waals surface area contributed by atoms with Crippen molar-refractivity contribution in [3.05, 3.63) is 47.5 Å². The van der Waals surface area contributed by atoms with Gasteiger partial charge in [-0.2, -0.15) is 5.10 Å². The zero-order valence-corrected chi connectivity index (χ0v) is 15.8. The maximum atomic E-state index is 6.08. The smallest absolute Gasteiger partial charge is 0.147 e. The van der Waals surface area contributed by atoms with E-state index in [0.717, 1.165) is 44.3 Å². The fourth-order valence-corrected chi connectivity index (χ4v) is 4.32. The molecule has 1 saturated heterocycles. The lowest BCUT2D eigenvalue weighted by Crippen LogP contribution is -2.43. The predicted molar refractivity (Wildman–Crippen MR) is 102 cm³/mol. The molecule has 5 nitrogen and oxygen atoms in total. The van der Waals surface area contributed by atoms with Crippen LogP contribution in [0.15, 0.2) is 30.3 Å². The summed E-state index contributed by atoms with van der Waals surface area (Å²) >= 11 is 0. The summed E-state index contributed by atoms with van der Waals surface area (Å²) in [6, 6.07) is 11.2. The van der Waals surface area contributed by atoms with Gasteiger partial charge in [-0.25, -0.2) is 9.67 Å². The van der Waals surface area contributed by atoms with Crippen LogP contribution in [0.4, 0.5) is 0 Å². The molecule has 0 bridgehead atoms. The summed E-state index contributed by atoms with van der Waals surface area (Å²) in [7, 11) is 0. The van der Waals surface area contributed by atoms with Gasteiger partial charge in [0.2, 0.25) is 0 Å². The van der Waals surface area contributed by atoms with E-state index in [1.807, 2.05) is 6.92 Å². The van der Waals surface area contributed by atoms with Crippen LogP contribution in [-0.2, 0) is 17.7 Å². The van der Waals surface area contributed by atoms with Gasteiger partial charge in [0.15, 0.2) is 0 Å². The SMILES string of the molecule is Cc1nc(C[C@@H]2CN(Cc3ccccc3)CCO2)n(C2CCCCC2)n1. The molecule has 0 spiro atoms. The predicted octanol–water partition coefficient (Wildman–Crippen LogP) is 3.54. The zero-order valence-electron chi connectivity index (χ0n) is 15.8. The molecule has 1 atom stereocenters. The average Bonchev–Trinajstić information content (AvgIpc) is 3.04. The standard InChI is InChI=1S/C21H30N4O/c1-17-22-21(25(23-17)19-10-6-3-7-11-19)14-20-16-24(12-13-26-20)15-18-8-4-2-5-9-18/h2,4-5,8-9,19-20H,3,6-7,10-16H2,1H3/t20-/m1/s1. The average molecular weight is 354 g/mol. The van der Waals surface area contributed by atoms with Crippen LogP contribution in [0.5, 0.6) is 0 Å². The van der Waals surface area contributed by atoms with Gasteiger partial charge in [0, 0.05) is 26.1 Å². The van der Waals surface area contributed by atoms with Crippen molar-refractivity contribution in [2.45, 2.75) is 64.1 Å². The Morgan fingerprint density at radius 2 is 1.92 bits per heavy atom.